The maximum absolute atomic E-state index is 6.44. The molecule has 0 fully saturated rings. The summed E-state index contributed by atoms with van der Waals surface area (Å²) in [5.74, 6) is 0. The van der Waals surface area contributed by atoms with Gasteiger partial charge in [-0.15, -0.1) is 0 Å². The van der Waals surface area contributed by atoms with Gasteiger partial charge in [-0.25, -0.2) is 0 Å². The maximum Gasteiger partial charge on any atom is 0.0464 e. The SMILES string of the molecule is Clc1ccc(-c2ccc(Nc3ccccc3-c3ccccc3)c3ccccc23)c(-c2ccccc2)c1. The number of halogens is 1. The number of nitrogens with one attached hydrogen (secondary N) is 1. The Labute approximate surface area is 216 Å². The molecule has 6 aromatic carbocycles. The van der Waals surface area contributed by atoms with Crippen LogP contribution in [-0.4, -0.2) is 0 Å². The molecule has 1 N–H and O–H groups in total. The molecule has 0 aliphatic rings. The second-order valence-corrected chi connectivity index (χ2v) is 9.24. The molecule has 36 heavy (non-hydrogen) atoms. The van der Waals surface area contributed by atoms with E-state index in [0.29, 0.717) is 0 Å². The van der Waals surface area contributed by atoms with Crippen LogP contribution in [0.15, 0.2) is 140 Å². The van der Waals surface area contributed by atoms with E-state index in [2.05, 4.69) is 127 Å². The van der Waals surface area contributed by atoms with Crippen molar-refractivity contribution in [2.24, 2.45) is 0 Å². The minimum Gasteiger partial charge on any atom is -0.355 e. The molecule has 0 heterocycles. The molecule has 0 amide bonds. The van der Waals surface area contributed by atoms with Gasteiger partial charge in [-0.05, 0) is 57.5 Å². The van der Waals surface area contributed by atoms with Gasteiger partial charge < -0.3 is 5.32 Å². The van der Waals surface area contributed by atoms with Crippen molar-refractivity contribution >= 4 is 33.7 Å². The minimum absolute atomic E-state index is 0.734. The van der Waals surface area contributed by atoms with Gasteiger partial charge in [0, 0.05) is 27.3 Å². The lowest BCUT2D eigenvalue weighted by Crippen LogP contribution is -1.95. The van der Waals surface area contributed by atoms with E-state index in [-0.39, 0.29) is 0 Å². The van der Waals surface area contributed by atoms with Crippen LogP contribution in [0.2, 0.25) is 5.02 Å². The van der Waals surface area contributed by atoms with Gasteiger partial charge in [0.1, 0.15) is 0 Å². The molecule has 0 aromatic heterocycles. The molecule has 0 bridgehead atoms. The Morgan fingerprint density at radius 3 is 1.72 bits per heavy atom. The van der Waals surface area contributed by atoms with Gasteiger partial charge in [-0.2, -0.15) is 0 Å². The summed E-state index contributed by atoms with van der Waals surface area (Å²) in [4.78, 5) is 0. The molecular formula is C34H24ClN. The van der Waals surface area contributed by atoms with E-state index >= 15 is 0 Å². The van der Waals surface area contributed by atoms with Crippen LogP contribution in [0.5, 0.6) is 0 Å². The van der Waals surface area contributed by atoms with Gasteiger partial charge in [0.05, 0.1) is 0 Å². The standard InChI is InChI=1S/C34H24ClN/c35-26-19-20-30(32(23-26)25-13-5-2-6-14-25)29-21-22-34(31-17-8-7-16-28(29)31)36-33-18-10-9-15-27(33)24-11-3-1-4-12-24/h1-23,36H. The Hall–Kier alpha value is -4.33. The van der Waals surface area contributed by atoms with Crippen molar-refractivity contribution in [3.63, 3.8) is 0 Å². The first-order valence-electron chi connectivity index (χ1n) is 12.1. The Morgan fingerprint density at radius 2 is 0.972 bits per heavy atom. The molecule has 6 rings (SSSR count). The van der Waals surface area contributed by atoms with Gasteiger partial charge in [0.2, 0.25) is 0 Å². The second-order valence-electron chi connectivity index (χ2n) is 8.80. The normalized spacial score (nSPS) is 10.9. The summed E-state index contributed by atoms with van der Waals surface area (Å²) in [6, 6.07) is 48.5. The molecule has 0 saturated heterocycles. The highest BCUT2D eigenvalue weighted by Gasteiger charge is 2.14. The molecule has 0 spiro atoms. The summed E-state index contributed by atoms with van der Waals surface area (Å²) in [5.41, 5.74) is 9.15. The van der Waals surface area contributed by atoms with Gasteiger partial charge in [0.15, 0.2) is 0 Å². The van der Waals surface area contributed by atoms with Gasteiger partial charge in [0.25, 0.3) is 0 Å². The van der Waals surface area contributed by atoms with Gasteiger partial charge in [-0.3, -0.25) is 0 Å². The summed E-state index contributed by atoms with van der Waals surface area (Å²) < 4.78 is 0. The van der Waals surface area contributed by atoms with Gasteiger partial charge in [-0.1, -0.05) is 127 Å². The quantitative estimate of drug-likeness (QED) is 0.258. The predicted molar refractivity (Wildman–Crippen MR) is 155 cm³/mol. The molecule has 0 saturated carbocycles. The summed E-state index contributed by atoms with van der Waals surface area (Å²) in [5, 5.41) is 6.83. The van der Waals surface area contributed by atoms with Crippen LogP contribution >= 0.6 is 11.6 Å². The monoisotopic (exact) mass is 481 g/mol. The average molecular weight is 482 g/mol. The molecule has 6 aromatic rings. The fourth-order valence-electron chi connectivity index (χ4n) is 4.86. The predicted octanol–water partition coefficient (Wildman–Crippen LogP) is 10.2. The van der Waals surface area contributed by atoms with E-state index in [1.165, 1.54) is 27.5 Å². The Bertz CT molecular complexity index is 1660. The summed E-state index contributed by atoms with van der Waals surface area (Å²) in [6.07, 6.45) is 0. The van der Waals surface area contributed by atoms with Gasteiger partial charge >= 0.3 is 0 Å². The lowest BCUT2D eigenvalue weighted by Gasteiger charge is -2.18. The first-order valence-corrected chi connectivity index (χ1v) is 12.4. The second kappa shape index (κ2) is 9.73. The molecule has 2 heteroatoms. The third-order valence-electron chi connectivity index (χ3n) is 6.56. The maximum atomic E-state index is 6.44. The third-order valence-corrected chi connectivity index (χ3v) is 6.80. The third kappa shape index (κ3) is 4.26. The summed E-state index contributed by atoms with van der Waals surface area (Å²) in [6.45, 7) is 0. The largest absolute Gasteiger partial charge is 0.355 e. The van der Waals surface area contributed by atoms with E-state index in [0.717, 1.165) is 33.1 Å². The Morgan fingerprint density at radius 1 is 0.389 bits per heavy atom. The molecule has 172 valence electrons. The highest BCUT2D eigenvalue weighted by Crippen LogP contribution is 2.41. The number of para-hydroxylation sites is 1. The smallest absolute Gasteiger partial charge is 0.0464 e. The van der Waals surface area contributed by atoms with Crippen molar-refractivity contribution < 1.29 is 0 Å². The number of fused-ring (bicyclic) bond motifs is 1. The van der Waals surface area contributed by atoms with Crippen LogP contribution in [0.25, 0.3) is 44.2 Å². The van der Waals surface area contributed by atoms with Crippen molar-refractivity contribution in [3.8, 4) is 33.4 Å². The zero-order valence-electron chi connectivity index (χ0n) is 19.7. The van der Waals surface area contributed by atoms with E-state index in [1.54, 1.807) is 0 Å². The number of rotatable bonds is 5. The van der Waals surface area contributed by atoms with Crippen LogP contribution in [0, 0.1) is 0 Å². The van der Waals surface area contributed by atoms with Crippen molar-refractivity contribution in [2.45, 2.75) is 0 Å². The fourth-order valence-corrected chi connectivity index (χ4v) is 5.03. The Balaban J connectivity index is 1.49. The van der Waals surface area contributed by atoms with Crippen LogP contribution < -0.4 is 5.32 Å². The number of hydrogen-bond acceptors (Lipinski definition) is 1. The average Bonchev–Trinajstić information content (AvgIpc) is 2.95. The van der Waals surface area contributed by atoms with E-state index in [1.807, 2.05) is 18.2 Å². The molecule has 1 nitrogen and oxygen atoms in total. The number of anilines is 2. The highest BCUT2D eigenvalue weighted by molar-refractivity contribution is 6.31. The lowest BCUT2D eigenvalue weighted by molar-refractivity contribution is 1.54. The summed E-state index contributed by atoms with van der Waals surface area (Å²) in [7, 11) is 0. The molecule has 0 aliphatic carbocycles. The molecule has 0 atom stereocenters. The van der Waals surface area contributed by atoms with Crippen molar-refractivity contribution in [2.75, 3.05) is 5.32 Å². The molecule has 0 radical (unpaired) electrons. The van der Waals surface area contributed by atoms with Crippen LogP contribution in [0.1, 0.15) is 0 Å². The number of hydrogen-bond donors (Lipinski definition) is 1. The lowest BCUT2D eigenvalue weighted by atomic mass is 9.91. The Kier molecular flexibility index (Phi) is 5.99. The molecule has 0 aliphatic heterocycles. The molecular weight excluding hydrogens is 458 g/mol. The zero-order chi connectivity index (χ0) is 24.3. The summed E-state index contributed by atoms with van der Waals surface area (Å²) >= 11 is 6.44. The van der Waals surface area contributed by atoms with E-state index in [4.69, 9.17) is 11.6 Å². The molecule has 0 unspecified atom stereocenters. The van der Waals surface area contributed by atoms with Crippen molar-refractivity contribution in [1.29, 1.82) is 0 Å². The first kappa shape index (κ1) is 22.2. The first-order chi connectivity index (χ1) is 17.8. The van der Waals surface area contributed by atoms with Crippen molar-refractivity contribution in [3.05, 3.63) is 145 Å². The van der Waals surface area contributed by atoms with E-state index < -0.39 is 0 Å². The minimum atomic E-state index is 0.734. The fraction of sp³-hybridized carbons (Fsp3) is 0. The topological polar surface area (TPSA) is 12.0 Å². The number of benzene rings is 6. The zero-order valence-corrected chi connectivity index (χ0v) is 20.4. The van der Waals surface area contributed by atoms with Crippen LogP contribution in [-0.2, 0) is 0 Å². The highest BCUT2D eigenvalue weighted by atomic mass is 35.5. The van der Waals surface area contributed by atoms with Crippen LogP contribution in [0.3, 0.4) is 0 Å². The van der Waals surface area contributed by atoms with Crippen LogP contribution in [0.4, 0.5) is 11.4 Å². The van der Waals surface area contributed by atoms with E-state index in [9.17, 15) is 0 Å². The van der Waals surface area contributed by atoms with Crippen molar-refractivity contribution in [1.82, 2.24) is 0 Å².